The third-order valence-electron chi connectivity index (χ3n) is 7.69. The molecule has 0 heterocycles. The van der Waals surface area contributed by atoms with Crippen LogP contribution in [0.25, 0.3) is 0 Å². The Balaban J connectivity index is 1.65. The predicted molar refractivity (Wildman–Crippen MR) is 154 cm³/mol. The number of aryl methyl sites for hydroxylation is 1. The van der Waals surface area contributed by atoms with E-state index in [0.717, 1.165) is 30.2 Å². The minimum atomic E-state index is 0.507. The van der Waals surface area contributed by atoms with Crippen LogP contribution in [0.4, 0.5) is 0 Å². The molecule has 0 amide bonds. The lowest BCUT2D eigenvalue weighted by Gasteiger charge is -2.34. The maximum absolute atomic E-state index is 4.82. The fourth-order valence-corrected chi connectivity index (χ4v) is 5.75. The lowest BCUT2D eigenvalue weighted by atomic mass is 9.71. The normalized spacial score (nSPS) is 18.9. The van der Waals surface area contributed by atoms with Gasteiger partial charge in [-0.15, -0.1) is 6.58 Å². The van der Waals surface area contributed by atoms with E-state index in [-0.39, 0.29) is 0 Å². The molecule has 2 heteroatoms. The highest BCUT2D eigenvalue weighted by Crippen LogP contribution is 2.38. The van der Waals surface area contributed by atoms with Gasteiger partial charge in [-0.25, -0.2) is 0 Å². The van der Waals surface area contributed by atoms with Gasteiger partial charge in [-0.1, -0.05) is 100 Å². The summed E-state index contributed by atoms with van der Waals surface area (Å²) in [4.78, 5) is 0. The number of benzene rings is 2. The highest BCUT2D eigenvalue weighted by molar-refractivity contribution is 6.02. The summed E-state index contributed by atoms with van der Waals surface area (Å²) in [7, 11) is 0. The average molecular weight is 471 g/mol. The average Bonchev–Trinajstić information content (AvgIpc) is 2.90. The summed E-state index contributed by atoms with van der Waals surface area (Å²) in [6.45, 7) is 8.48. The number of nitrogens with zero attached hydrogens (tertiary/aromatic N) is 2. The Labute approximate surface area is 214 Å². The quantitative estimate of drug-likeness (QED) is 0.114. The van der Waals surface area contributed by atoms with Gasteiger partial charge in [0, 0.05) is 5.92 Å². The Morgan fingerprint density at radius 1 is 0.914 bits per heavy atom. The molecule has 0 atom stereocenters. The molecule has 1 fully saturated rings. The molecule has 0 aromatic heterocycles. The summed E-state index contributed by atoms with van der Waals surface area (Å²) in [6, 6.07) is 19.5. The zero-order valence-electron chi connectivity index (χ0n) is 22.2. The molecular formula is C33H46N2. The van der Waals surface area contributed by atoms with Gasteiger partial charge in [-0.05, 0) is 79.9 Å². The van der Waals surface area contributed by atoms with E-state index >= 15 is 0 Å². The Morgan fingerprint density at radius 3 is 2.23 bits per heavy atom. The van der Waals surface area contributed by atoms with E-state index in [0.29, 0.717) is 5.92 Å². The van der Waals surface area contributed by atoms with Gasteiger partial charge in [0.15, 0.2) is 0 Å². The second-order valence-electron chi connectivity index (χ2n) is 10.3. The smallest absolute Gasteiger partial charge is 0.0733 e. The standard InChI is InChI=1S/C33H46N2/c1-4-7-8-10-15-27-18-20-28(21-19-27)26-34-35-33(31-16-11-9-12-17-31)32-24-22-30(23-25-32)29(13-5-2)14-6-3/h4,9,11-12,16-21,26,29-30,32H,1,5-8,10,13-15,22-25H2,2-3H3. The van der Waals surface area contributed by atoms with E-state index in [1.165, 1.54) is 81.0 Å². The van der Waals surface area contributed by atoms with Crippen LogP contribution in [-0.2, 0) is 6.42 Å². The van der Waals surface area contributed by atoms with Crippen molar-refractivity contribution >= 4 is 11.9 Å². The monoisotopic (exact) mass is 470 g/mol. The summed E-state index contributed by atoms with van der Waals surface area (Å²) in [5, 5.41) is 9.40. The van der Waals surface area contributed by atoms with Gasteiger partial charge in [0.05, 0.1) is 11.9 Å². The molecule has 1 aliphatic rings. The topological polar surface area (TPSA) is 24.7 Å². The second-order valence-corrected chi connectivity index (χ2v) is 10.3. The molecule has 2 aromatic rings. The molecule has 1 saturated carbocycles. The molecule has 0 N–H and O–H groups in total. The van der Waals surface area contributed by atoms with E-state index in [9.17, 15) is 0 Å². The van der Waals surface area contributed by atoms with E-state index in [1.54, 1.807) is 0 Å². The third-order valence-corrected chi connectivity index (χ3v) is 7.69. The first kappa shape index (κ1) is 27.1. The fraction of sp³-hybridized carbons (Fsp3) is 0.515. The SMILES string of the molecule is C=CCCCCc1ccc(C=NN=C(c2ccccc2)C2CCC(C(CCC)CCC)CC2)cc1. The van der Waals surface area contributed by atoms with E-state index < -0.39 is 0 Å². The van der Waals surface area contributed by atoms with Crippen molar-refractivity contribution in [3.8, 4) is 0 Å². The highest BCUT2D eigenvalue weighted by atomic mass is 15.2. The number of allylic oxidation sites excluding steroid dienone is 1. The minimum absolute atomic E-state index is 0.507. The molecule has 2 nitrogen and oxygen atoms in total. The molecule has 0 aliphatic heterocycles. The molecule has 0 radical (unpaired) electrons. The van der Waals surface area contributed by atoms with Gasteiger partial charge in [-0.3, -0.25) is 0 Å². The van der Waals surface area contributed by atoms with Crippen LogP contribution in [0, 0.1) is 17.8 Å². The summed E-state index contributed by atoms with van der Waals surface area (Å²) in [6.07, 6.45) is 19.1. The number of hydrogen-bond donors (Lipinski definition) is 0. The van der Waals surface area contributed by atoms with Gasteiger partial charge >= 0.3 is 0 Å². The van der Waals surface area contributed by atoms with Crippen LogP contribution in [0.1, 0.15) is 101 Å². The zero-order valence-corrected chi connectivity index (χ0v) is 22.2. The molecular weight excluding hydrogens is 424 g/mol. The lowest BCUT2D eigenvalue weighted by Crippen LogP contribution is -2.26. The van der Waals surface area contributed by atoms with Crippen LogP contribution in [0.5, 0.6) is 0 Å². The van der Waals surface area contributed by atoms with Crippen LogP contribution < -0.4 is 0 Å². The second kappa shape index (κ2) is 15.5. The molecule has 3 rings (SSSR count). The van der Waals surface area contributed by atoms with Crippen molar-refractivity contribution in [1.82, 2.24) is 0 Å². The predicted octanol–water partition coefficient (Wildman–Crippen LogP) is 9.43. The van der Waals surface area contributed by atoms with Crippen molar-refractivity contribution in [1.29, 1.82) is 0 Å². The first-order valence-corrected chi connectivity index (χ1v) is 14.1. The summed E-state index contributed by atoms with van der Waals surface area (Å²) in [5.74, 6) is 2.31. The van der Waals surface area contributed by atoms with Crippen molar-refractivity contribution in [2.45, 2.75) is 90.9 Å². The van der Waals surface area contributed by atoms with Crippen LogP contribution in [0.15, 0.2) is 77.5 Å². The Hall–Kier alpha value is -2.48. The van der Waals surface area contributed by atoms with Gasteiger partial charge in [0.25, 0.3) is 0 Å². The molecule has 2 aromatic carbocycles. The Bertz CT molecular complexity index is 896. The fourth-order valence-electron chi connectivity index (χ4n) is 5.75. The molecule has 0 saturated heterocycles. The largest absolute Gasteiger partial charge is 0.158 e. The molecule has 0 bridgehead atoms. The first-order valence-electron chi connectivity index (χ1n) is 14.1. The van der Waals surface area contributed by atoms with E-state index in [2.05, 4.69) is 80.1 Å². The van der Waals surface area contributed by atoms with Gasteiger partial charge in [0.1, 0.15) is 0 Å². The van der Waals surface area contributed by atoms with Crippen molar-refractivity contribution in [3.63, 3.8) is 0 Å². The Morgan fingerprint density at radius 2 is 1.60 bits per heavy atom. The molecule has 0 unspecified atom stereocenters. The molecule has 1 aliphatic carbocycles. The van der Waals surface area contributed by atoms with Crippen LogP contribution in [0.2, 0.25) is 0 Å². The maximum atomic E-state index is 4.82. The van der Waals surface area contributed by atoms with Crippen LogP contribution in [0.3, 0.4) is 0 Å². The Kier molecular flexibility index (Phi) is 12.0. The highest BCUT2D eigenvalue weighted by Gasteiger charge is 2.29. The summed E-state index contributed by atoms with van der Waals surface area (Å²) in [5.41, 5.74) is 4.89. The summed E-state index contributed by atoms with van der Waals surface area (Å²) < 4.78 is 0. The van der Waals surface area contributed by atoms with Gasteiger partial charge in [-0.2, -0.15) is 10.2 Å². The molecule has 188 valence electrons. The van der Waals surface area contributed by atoms with Crippen molar-refractivity contribution < 1.29 is 0 Å². The minimum Gasteiger partial charge on any atom is -0.158 e. The number of rotatable bonds is 14. The maximum Gasteiger partial charge on any atom is 0.0733 e. The van der Waals surface area contributed by atoms with Crippen LogP contribution >= 0.6 is 0 Å². The van der Waals surface area contributed by atoms with Crippen molar-refractivity contribution in [3.05, 3.63) is 83.9 Å². The first-order chi connectivity index (χ1) is 17.2. The molecule has 35 heavy (non-hydrogen) atoms. The lowest BCUT2D eigenvalue weighted by molar-refractivity contribution is 0.206. The van der Waals surface area contributed by atoms with Crippen molar-refractivity contribution in [2.75, 3.05) is 0 Å². The van der Waals surface area contributed by atoms with E-state index in [4.69, 9.17) is 5.10 Å². The number of unbranched alkanes of at least 4 members (excludes halogenated alkanes) is 2. The van der Waals surface area contributed by atoms with Crippen molar-refractivity contribution in [2.24, 2.45) is 28.0 Å². The van der Waals surface area contributed by atoms with E-state index in [1.807, 2.05) is 12.3 Å². The third kappa shape index (κ3) is 8.91. The number of hydrogen-bond acceptors (Lipinski definition) is 2. The van der Waals surface area contributed by atoms with Crippen LogP contribution in [-0.4, -0.2) is 11.9 Å². The molecule has 0 spiro atoms. The summed E-state index contributed by atoms with van der Waals surface area (Å²) >= 11 is 0. The van der Waals surface area contributed by atoms with Gasteiger partial charge in [0.2, 0.25) is 0 Å². The van der Waals surface area contributed by atoms with Gasteiger partial charge < -0.3 is 0 Å². The zero-order chi connectivity index (χ0) is 24.7.